The number of pyridine rings is 1. The molecule has 1 heterocycles. The van der Waals surface area contributed by atoms with E-state index in [1.54, 1.807) is 13.1 Å². The van der Waals surface area contributed by atoms with Crippen molar-refractivity contribution in [2.75, 3.05) is 6.54 Å². The van der Waals surface area contributed by atoms with Gasteiger partial charge in [0.2, 0.25) is 5.91 Å². The molecular formula is C16H17N3O2S. The summed E-state index contributed by atoms with van der Waals surface area (Å²) in [6.07, 6.45) is 1.67. The van der Waals surface area contributed by atoms with E-state index in [9.17, 15) is 9.59 Å². The number of thioether (sulfide) groups is 1. The van der Waals surface area contributed by atoms with Gasteiger partial charge in [-0.3, -0.25) is 10.1 Å². The Hall–Kier alpha value is -2.34. The fourth-order valence-electron chi connectivity index (χ4n) is 1.82. The molecule has 114 valence electrons. The first-order valence-electron chi connectivity index (χ1n) is 6.92. The van der Waals surface area contributed by atoms with E-state index < -0.39 is 11.3 Å². The van der Waals surface area contributed by atoms with E-state index in [1.807, 2.05) is 48.5 Å². The zero-order chi connectivity index (χ0) is 15.8. The molecule has 0 aliphatic heterocycles. The molecular weight excluding hydrogens is 298 g/mol. The van der Waals surface area contributed by atoms with Crippen molar-refractivity contribution in [3.05, 3.63) is 60.3 Å². The second-order valence-electron chi connectivity index (χ2n) is 4.43. The van der Waals surface area contributed by atoms with E-state index in [0.717, 1.165) is 10.6 Å². The first kappa shape index (κ1) is 16.0. The molecule has 0 unspecified atom stereocenters. The summed E-state index contributed by atoms with van der Waals surface area (Å²) >= 11 is 1.31. The van der Waals surface area contributed by atoms with E-state index in [1.165, 1.54) is 11.8 Å². The lowest BCUT2D eigenvalue weighted by Gasteiger charge is -2.16. The Morgan fingerprint density at radius 2 is 1.86 bits per heavy atom. The normalized spacial score (nSPS) is 11.5. The number of aromatic nitrogens is 1. The molecule has 0 aliphatic carbocycles. The van der Waals surface area contributed by atoms with Crippen LogP contribution in [-0.4, -0.2) is 23.5 Å². The van der Waals surface area contributed by atoms with E-state index in [4.69, 9.17) is 0 Å². The van der Waals surface area contributed by atoms with Gasteiger partial charge in [-0.2, -0.15) is 0 Å². The van der Waals surface area contributed by atoms with Gasteiger partial charge in [0.05, 0.1) is 5.03 Å². The van der Waals surface area contributed by atoms with Crippen LogP contribution in [0.15, 0.2) is 59.8 Å². The Morgan fingerprint density at radius 1 is 1.14 bits per heavy atom. The van der Waals surface area contributed by atoms with Crippen LogP contribution in [0.1, 0.15) is 17.7 Å². The fraction of sp³-hybridized carbons (Fsp3) is 0.188. The molecule has 6 heteroatoms. The van der Waals surface area contributed by atoms with Crippen molar-refractivity contribution in [1.82, 2.24) is 15.6 Å². The number of amides is 3. The number of urea groups is 1. The Kier molecular flexibility index (Phi) is 5.97. The molecule has 2 aromatic rings. The molecule has 0 aliphatic rings. The van der Waals surface area contributed by atoms with Crippen LogP contribution in [0.4, 0.5) is 4.79 Å². The van der Waals surface area contributed by atoms with Crippen LogP contribution in [0, 0.1) is 0 Å². The smallest absolute Gasteiger partial charge is 0.321 e. The summed E-state index contributed by atoms with van der Waals surface area (Å²) in [6.45, 7) is 2.25. The summed E-state index contributed by atoms with van der Waals surface area (Å²) in [5.41, 5.74) is 0.819. The Labute approximate surface area is 133 Å². The summed E-state index contributed by atoms with van der Waals surface area (Å²) in [5, 5.41) is 5.09. The summed E-state index contributed by atoms with van der Waals surface area (Å²) < 4.78 is 0. The predicted octanol–water partition coefficient (Wildman–Crippen LogP) is 2.76. The Morgan fingerprint density at radius 3 is 2.50 bits per heavy atom. The molecule has 0 radical (unpaired) electrons. The monoisotopic (exact) mass is 315 g/mol. The average molecular weight is 315 g/mol. The van der Waals surface area contributed by atoms with Crippen LogP contribution in [0.5, 0.6) is 0 Å². The predicted molar refractivity (Wildman–Crippen MR) is 86.5 cm³/mol. The van der Waals surface area contributed by atoms with Gasteiger partial charge in [0, 0.05) is 12.7 Å². The van der Waals surface area contributed by atoms with Crippen LogP contribution in [0.2, 0.25) is 0 Å². The van der Waals surface area contributed by atoms with Gasteiger partial charge < -0.3 is 5.32 Å². The summed E-state index contributed by atoms with van der Waals surface area (Å²) in [5.74, 6) is -0.368. The second-order valence-corrected chi connectivity index (χ2v) is 5.55. The van der Waals surface area contributed by atoms with E-state index in [0.29, 0.717) is 6.54 Å². The number of hydrogen-bond donors (Lipinski definition) is 2. The molecule has 1 atom stereocenters. The molecule has 2 N–H and O–H groups in total. The first-order valence-corrected chi connectivity index (χ1v) is 7.80. The van der Waals surface area contributed by atoms with Gasteiger partial charge in [0.15, 0.2) is 0 Å². The number of benzene rings is 1. The number of carbonyl (C=O) groups excluding carboxylic acids is 2. The van der Waals surface area contributed by atoms with Crippen molar-refractivity contribution in [3.8, 4) is 0 Å². The number of imide groups is 1. The average Bonchev–Trinajstić information content (AvgIpc) is 2.54. The third-order valence-electron chi connectivity index (χ3n) is 2.79. The van der Waals surface area contributed by atoms with Crippen LogP contribution >= 0.6 is 11.8 Å². The summed E-state index contributed by atoms with van der Waals surface area (Å²) in [4.78, 5) is 28.2. The number of nitrogens with zero attached hydrogens (tertiary/aromatic N) is 1. The van der Waals surface area contributed by atoms with Crippen LogP contribution in [0.3, 0.4) is 0 Å². The highest BCUT2D eigenvalue weighted by molar-refractivity contribution is 8.00. The molecule has 0 spiro atoms. The maximum absolute atomic E-state index is 12.4. The zero-order valence-electron chi connectivity index (χ0n) is 12.2. The quantitative estimate of drug-likeness (QED) is 0.832. The highest BCUT2D eigenvalue weighted by atomic mass is 32.2. The van der Waals surface area contributed by atoms with Gasteiger partial charge in [-0.05, 0) is 24.6 Å². The van der Waals surface area contributed by atoms with Crippen molar-refractivity contribution >= 4 is 23.7 Å². The minimum atomic E-state index is -0.543. The van der Waals surface area contributed by atoms with Crippen molar-refractivity contribution in [1.29, 1.82) is 0 Å². The minimum Gasteiger partial charge on any atom is -0.338 e. The SMILES string of the molecule is CCNC(=O)NC(=O)[C@H](Sc1ccccn1)c1ccccc1. The molecule has 1 aromatic carbocycles. The highest BCUT2D eigenvalue weighted by Gasteiger charge is 2.23. The minimum absolute atomic E-state index is 0.368. The lowest BCUT2D eigenvalue weighted by Crippen LogP contribution is -2.41. The zero-order valence-corrected chi connectivity index (χ0v) is 13.0. The first-order chi connectivity index (χ1) is 10.7. The second kappa shape index (κ2) is 8.19. The van der Waals surface area contributed by atoms with Gasteiger partial charge in [0.25, 0.3) is 0 Å². The van der Waals surface area contributed by atoms with Gasteiger partial charge in [-0.1, -0.05) is 48.2 Å². The standard InChI is InChI=1S/C16H17N3O2S/c1-2-17-16(21)19-15(20)14(12-8-4-3-5-9-12)22-13-10-6-7-11-18-13/h3-11,14H,2H2,1H3,(H2,17,19,20,21)/t14-/m1/s1. The summed E-state index contributed by atoms with van der Waals surface area (Å²) in [6, 6.07) is 14.3. The molecule has 22 heavy (non-hydrogen) atoms. The van der Waals surface area contributed by atoms with Crippen LogP contribution in [0.25, 0.3) is 0 Å². The van der Waals surface area contributed by atoms with Crippen molar-refractivity contribution < 1.29 is 9.59 Å². The topological polar surface area (TPSA) is 71.1 Å². The molecule has 3 amide bonds. The molecule has 2 rings (SSSR count). The maximum Gasteiger partial charge on any atom is 0.321 e. The van der Waals surface area contributed by atoms with Crippen molar-refractivity contribution in [3.63, 3.8) is 0 Å². The maximum atomic E-state index is 12.4. The lowest BCUT2D eigenvalue weighted by atomic mass is 10.1. The van der Waals surface area contributed by atoms with E-state index >= 15 is 0 Å². The lowest BCUT2D eigenvalue weighted by molar-refractivity contribution is -0.119. The van der Waals surface area contributed by atoms with Gasteiger partial charge >= 0.3 is 6.03 Å². The fourth-order valence-corrected chi connectivity index (χ4v) is 2.80. The van der Waals surface area contributed by atoms with E-state index in [2.05, 4.69) is 15.6 Å². The summed E-state index contributed by atoms with van der Waals surface area (Å²) in [7, 11) is 0. The largest absolute Gasteiger partial charge is 0.338 e. The van der Waals surface area contributed by atoms with Gasteiger partial charge in [-0.25, -0.2) is 9.78 Å². The molecule has 0 saturated heterocycles. The number of hydrogen-bond acceptors (Lipinski definition) is 4. The number of carbonyl (C=O) groups is 2. The molecule has 0 saturated carbocycles. The molecule has 1 aromatic heterocycles. The molecule has 0 fully saturated rings. The van der Waals surface area contributed by atoms with Gasteiger partial charge in [0.1, 0.15) is 5.25 Å². The van der Waals surface area contributed by atoms with Gasteiger partial charge in [-0.15, -0.1) is 0 Å². The Bertz CT molecular complexity index is 620. The Balaban J connectivity index is 2.18. The van der Waals surface area contributed by atoms with Crippen molar-refractivity contribution in [2.24, 2.45) is 0 Å². The third-order valence-corrected chi connectivity index (χ3v) is 4.00. The van der Waals surface area contributed by atoms with Crippen molar-refractivity contribution in [2.45, 2.75) is 17.2 Å². The third kappa shape index (κ3) is 4.60. The molecule has 0 bridgehead atoms. The number of nitrogens with one attached hydrogen (secondary N) is 2. The van der Waals surface area contributed by atoms with E-state index in [-0.39, 0.29) is 5.91 Å². The number of rotatable bonds is 5. The van der Waals surface area contributed by atoms with Crippen LogP contribution < -0.4 is 10.6 Å². The highest BCUT2D eigenvalue weighted by Crippen LogP contribution is 2.34. The van der Waals surface area contributed by atoms with Crippen LogP contribution in [-0.2, 0) is 4.79 Å². The molecule has 5 nitrogen and oxygen atoms in total.